The summed E-state index contributed by atoms with van der Waals surface area (Å²) in [5, 5.41) is 9.26. The highest BCUT2D eigenvalue weighted by Crippen LogP contribution is 2.28. The SMILES string of the molecule is Cc1ccc(C(C)N(C)C2COCC2C(=O)O)cc1C. The van der Waals surface area contributed by atoms with Crippen LogP contribution < -0.4 is 0 Å². The minimum atomic E-state index is -0.772. The van der Waals surface area contributed by atoms with E-state index in [1.807, 2.05) is 7.05 Å². The normalized spacial score (nSPS) is 24.1. The zero-order chi connectivity index (χ0) is 14.9. The predicted octanol–water partition coefficient (Wildman–Crippen LogP) is 2.40. The highest BCUT2D eigenvalue weighted by Gasteiger charge is 2.38. The average molecular weight is 277 g/mol. The third-order valence-electron chi connectivity index (χ3n) is 4.52. The van der Waals surface area contributed by atoms with Crippen LogP contribution in [-0.2, 0) is 9.53 Å². The molecule has 4 nitrogen and oxygen atoms in total. The van der Waals surface area contributed by atoms with E-state index in [1.165, 1.54) is 16.7 Å². The Morgan fingerprint density at radius 3 is 2.65 bits per heavy atom. The number of aliphatic carboxylic acids is 1. The molecule has 0 spiro atoms. The van der Waals surface area contributed by atoms with Crippen molar-refractivity contribution in [3.63, 3.8) is 0 Å². The van der Waals surface area contributed by atoms with E-state index in [2.05, 4.69) is 43.9 Å². The lowest BCUT2D eigenvalue weighted by Gasteiger charge is -2.32. The van der Waals surface area contributed by atoms with E-state index >= 15 is 0 Å². The van der Waals surface area contributed by atoms with Crippen molar-refractivity contribution in [3.05, 3.63) is 34.9 Å². The van der Waals surface area contributed by atoms with Gasteiger partial charge < -0.3 is 9.84 Å². The van der Waals surface area contributed by atoms with Crippen molar-refractivity contribution in [1.82, 2.24) is 4.90 Å². The Balaban J connectivity index is 2.17. The van der Waals surface area contributed by atoms with Crippen LogP contribution >= 0.6 is 0 Å². The zero-order valence-corrected chi connectivity index (χ0v) is 12.6. The number of benzene rings is 1. The topological polar surface area (TPSA) is 49.8 Å². The van der Waals surface area contributed by atoms with Gasteiger partial charge in [0.1, 0.15) is 0 Å². The smallest absolute Gasteiger partial charge is 0.310 e. The summed E-state index contributed by atoms with van der Waals surface area (Å²) in [5.41, 5.74) is 3.75. The van der Waals surface area contributed by atoms with E-state index < -0.39 is 11.9 Å². The van der Waals surface area contributed by atoms with E-state index in [-0.39, 0.29) is 12.1 Å². The Morgan fingerprint density at radius 2 is 2.05 bits per heavy atom. The van der Waals surface area contributed by atoms with Gasteiger partial charge in [0.25, 0.3) is 0 Å². The average Bonchev–Trinajstić information content (AvgIpc) is 2.89. The molecule has 0 bridgehead atoms. The highest BCUT2D eigenvalue weighted by atomic mass is 16.5. The number of carbonyl (C=O) groups is 1. The van der Waals surface area contributed by atoms with Gasteiger partial charge in [-0.15, -0.1) is 0 Å². The van der Waals surface area contributed by atoms with E-state index in [0.717, 1.165) is 0 Å². The van der Waals surface area contributed by atoms with Crippen LogP contribution in [0.1, 0.15) is 29.7 Å². The molecule has 1 fully saturated rings. The predicted molar refractivity (Wildman–Crippen MR) is 77.8 cm³/mol. The number of carboxylic acids is 1. The van der Waals surface area contributed by atoms with Crippen molar-refractivity contribution in [3.8, 4) is 0 Å². The molecule has 0 aliphatic carbocycles. The lowest BCUT2D eigenvalue weighted by atomic mass is 9.97. The van der Waals surface area contributed by atoms with Crippen LogP contribution in [0.15, 0.2) is 18.2 Å². The summed E-state index contributed by atoms with van der Waals surface area (Å²) < 4.78 is 5.36. The van der Waals surface area contributed by atoms with E-state index in [1.54, 1.807) is 0 Å². The molecule has 1 aromatic carbocycles. The van der Waals surface area contributed by atoms with Gasteiger partial charge >= 0.3 is 5.97 Å². The molecule has 0 aromatic heterocycles. The summed E-state index contributed by atoms with van der Waals surface area (Å²) in [6, 6.07) is 6.53. The Morgan fingerprint density at radius 1 is 1.35 bits per heavy atom. The second-order valence-corrected chi connectivity index (χ2v) is 5.73. The molecular formula is C16H23NO3. The van der Waals surface area contributed by atoms with Gasteiger partial charge in [0, 0.05) is 12.1 Å². The summed E-state index contributed by atoms with van der Waals surface area (Å²) in [5.74, 6) is -1.21. The molecule has 1 aliphatic heterocycles. The van der Waals surface area contributed by atoms with Crippen LogP contribution in [0.3, 0.4) is 0 Å². The van der Waals surface area contributed by atoms with Crippen LogP contribution in [0.2, 0.25) is 0 Å². The molecule has 4 heteroatoms. The Hall–Kier alpha value is -1.39. The fourth-order valence-electron chi connectivity index (χ4n) is 2.73. The largest absolute Gasteiger partial charge is 0.481 e. The summed E-state index contributed by atoms with van der Waals surface area (Å²) in [6.07, 6.45) is 0. The van der Waals surface area contributed by atoms with Gasteiger partial charge in [-0.3, -0.25) is 9.69 Å². The van der Waals surface area contributed by atoms with Crippen molar-refractivity contribution in [1.29, 1.82) is 0 Å². The first kappa shape index (κ1) is 15.0. The summed E-state index contributed by atoms with van der Waals surface area (Å²) in [6.45, 7) is 7.11. The molecule has 0 radical (unpaired) electrons. The molecule has 1 aromatic rings. The van der Waals surface area contributed by atoms with E-state index in [9.17, 15) is 9.90 Å². The number of nitrogens with zero attached hydrogens (tertiary/aromatic N) is 1. The molecule has 1 aliphatic rings. The van der Waals surface area contributed by atoms with Gasteiger partial charge in [0.2, 0.25) is 0 Å². The molecule has 20 heavy (non-hydrogen) atoms. The lowest BCUT2D eigenvalue weighted by Crippen LogP contribution is -2.42. The van der Waals surface area contributed by atoms with Crippen LogP contribution in [0.25, 0.3) is 0 Å². The molecular weight excluding hydrogens is 254 g/mol. The van der Waals surface area contributed by atoms with Crippen LogP contribution in [0.4, 0.5) is 0 Å². The molecule has 1 heterocycles. The molecule has 0 amide bonds. The van der Waals surface area contributed by atoms with Crippen molar-refractivity contribution in [2.45, 2.75) is 32.9 Å². The quantitative estimate of drug-likeness (QED) is 0.918. The first-order valence-corrected chi connectivity index (χ1v) is 7.01. The first-order valence-electron chi connectivity index (χ1n) is 7.01. The van der Waals surface area contributed by atoms with Crippen molar-refractivity contribution in [2.24, 2.45) is 5.92 Å². The first-order chi connectivity index (χ1) is 9.41. The molecule has 110 valence electrons. The summed E-state index contributed by atoms with van der Waals surface area (Å²) in [7, 11) is 1.98. The fraction of sp³-hybridized carbons (Fsp3) is 0.562. The maximum Gasteiger partial charge on any atom is 0.310 e. The summed E-state index contributed by atoms with van der Waals surface area (Å²) in [4.78, 5) is 13.4. The van der Waals surface area contributed by atoms with Gasteiger partial charge in [0.15, 0.2) is 0 Å². The van der Waals surface area contributed by atoms with Gasteiger partial charge in [-0.05, 0) is 44.5 Å². The fourth-order valence-corrected chi connectivity index (χ4v) is 2.73. The highest BCUT2D eigenvalue weighted by molar-refractivity contribution is 5.71. The van der Waals surface area contributed by atoms with Gasteiger partial charge in [-0.25, -0.2) is 0 Å². The maximum atomic E-state index is 11.3. The third-order valence-corrected chi connectivity index (χ3v) is 4.52. The second kappa shape index (κ2) is 5.94. The minimum absolute atomic E-state index is 0.0656. The molecule has 3 atom stereocenters. The lowest BCUT2D eigenvalue weighted by molar-refractivity contribution is -0.143. The van der Waals surface area contributed by atoms with Crippen LogP contribution in [0, 0.1) is 19.8 Å². The Kier molecular flexibility index (Phi) is 4.45. The van der Waals surface area contributed by atoms with Crippen LogP contribution in [0.5, 0.6) is 0 Å². The second-order valence-electron chi connectivity index (χ2n) is 5.73. The maximum absolute atomic E-state index is 11.3. The Labute approximate surface area is 120 Å². The molecule has 1 N–H and O–H groups in total. The molecule has 2 rings (SSSR count). The zero-order valence-electron chi connectivity index (χ0n) is 12.6. The standard InChI is InChI=1S/C16H23NO3/c1-10-5-6-13(7-11(10)2)12(3)17(4)15-9-20-8-14(15)16(18)19/h5-7,12,14-15H,8-9H2,1-4H3,(H,18,19). The van der Waals surface area contributed by atoms with Crippen molar-refractivity contribution < 1.29 is 14.6 Å². The van der Waals surface area contributed by atoms with Gasteiger partial charge in [0.05, 0.1) is 19.1 Å². The van der Waals surface area contributed by atoms with Gasteiger partial charge in [-0.1, -0.05) is 18.2 Å². The van der Waals surface area contributed by atoms with Crippen molar-refractivity contribution >= 4 is 5.97 Å². The Bertz CT molecular complexity index is 500. The number of rotatable bonds is 4. The van der Waals surface area contributed by atoms with Gasteiger partial charge in [-0.2, -0.15) is 0 Å². The van der Waals surface area contributed by atoms with Crippen molar-refractivity contribution in [2.75, 3.05) is 20.3 Å². The number of aryl methyl sites for hydroxylation is 2. The van der Waals surface area contributed by atoms with E-state index in [4.69, 9.17) is 4.74 Å². The number of hydrogen-bond acceptors (Lipinski definition) is 3. The van der Waals surface area contributed by atoms with E-state index in [0.29, 0.717) is 13.2 Å². The van der Waals surface area contributed by atoms with Crippen LogP contribution in [-0.4, -0.2) is 42.3 Å². The summed E-state index contributed by atoms with van der Waals surface area (Å²) >= 11 is 0. The molecule has 1 saturated heterocycles. The number of ether oxygens (including phenoxy) is 1. The number of carboxylic acid groups (broad SMARTS) is 1. The minimum Gasteiger partial charge on any atom is -0.481 e. The third kappa shape index (κ3) is 2.86. The number of hydrogen-bond donors (Lipinski definition) is 1. The monoisotopic (exact) mass is 277 g/mol. The molecule has 3 unspecified atom stereocenters. The number of likely N-dealkylation sites (N-methyl/N-ethyl adjacent to an activating group) is 1. The molecule has 0 saturated carbocycles.